The van der Waals surface area contributed by atoms with Crippen LogP contribution in [0.1, 0.15) is 51.9 Å². The molecule has 18 heavy (non-hydrogen) atoms. The molecular formula is C12H27N3O2S. The summed E-state index contributed by atoms with van der Waals surface area (Å²) in [6.07, 6.45) is 7.13. The monoisotopic (exact) mass is 277 g/mol. The Labute approximate surface area is 111 Å². The molecular weight excluding hydrogens is 250 g/mol. The van der Waals surface area contributed by atoms with Gasteiger partial charge in [-0.1, -0.05) is 32.6 Å². The minimum absolute atomic E-state index is 0.147. The van der Waals surface area contributed by atoms with Crippen LogP contribution in [-0.2, 0) is 10.2 Å². The second-order valence-corrected chi connectivity index (χ2v) is 6.91. The van der Waals surface area contributed by atoms with Crippen molar-refractivity contribution in [2.24, 2.45) is 5.73 Å². The van der Waals surface area contributed by atoms with Crippen molar-refractivity contribution in [2.45, 2.75) is 64.0 Å². The fraction of sp³-hybridized carbons (Fsp3) is 1.00. The lowest BCUT2D eigenvalue weighted by Gasteiger charge is -2.31. The first-order chi connectivity index (χ1) is 8.51. The van der Waals surface area contributed by atoms with Crippen LogP contribution < -0.4 is 10.5 Å². The van der Waals surface area contributed by atoms with Gasteiger partial charge in [-0.25, -0.2) is 0 Å². The highest BCUT2D eigenvalue weighted by atomic mass is 32.2. The van der Waals surface area contributed by atoms with Crippen molar-refractivity contribution in [3.8, 4) is 0 Å². The topological polar surface area (TPSA) is 75.4 Å². The number of hydrogen-bond acceptors (Lipinski definition) is 3. The van der Waals surface area contributed by atoms with E-state index in [1.165, 1.54) is 10.7 Å². The second-order valence-electron chi connectivity index (χ2n) is 5.15. The average Bonchev–Trinajstić information content (AvgIpc) is 2.38. The molecule has 0 aromatic heterocycles. The van der Waals surface area contributed by atoms with Crippen LogP contribution in [0.15, 0.2) is 0 Å². The fourth-order valence-corrected chi connectivity index (χ4v) is 3.91. The first-order valence-corrected chi connectivity index (χ1v) is 8.40. The van der Waals surface area contributed by atoms with Gasteiger partial charge in [-0.05, 0) is 19.3 Å². The summed E-state index contributed by atoms with van der Waals surface area (Å²) < 4.78 is 28.7. The summed E-state index contributed by atoms with van der Waals surface area (Å²) in [6.45, 7) is 2.38. The van der Waals surface area contributed by atoms with E-state index in [0.717, 1.165) is 38.5 Å². The zero-order valence-electron chi connectivity index (χ0n) is 11.6. The van der Waals surface area contributed by atoms with Crippen LogP contribution in [-0.4, -0.2) is 38.4 Å². The van der Waals surface area contributed by atoms with Crippen molar-refractivity contribution in [3.63, 3.8) is 0 Å². The highest BCUT2D eigenvalue weighted by molar-refractivity contribution is 7.87. The Morgan fingerprint density at radius 2 is 1.94 bits per heavy atom. The molecule has 0 aromatic rings. The van der Waals surface area contributed by atoms with Gasteiger partial charge < -0.3 is 5.73 Å². The van der Waals surface area contributed by atoms with Gasteiger partial charge in [-0.15, -0.1) is 0 Å². The van der Waals surface area contributed by atoms with Crippen molar-refractivity contribution in [3.05, 3.63) is 0 Å². The number of rotatable bonds is 7. The molecule has 1 atom stereocenters. The molecule has 5 nitrogen and oxygen atoms in total. The van der Waals surface area contributed by atoms with Crippen molar-refractivity contribution >= 4 is 10.2 Å². The summed E-state index contributed by atoms with van der Waals surface area (Å²) in [4.78, 5) is 0. The number of nitrogens with two attached hydrogens (primary N) is 1. The summed E-state index contributed by atoms with van der Waals surface area (Å²) >= 11 is 0. The Morgan fingerprint density at radius 3 is 2.44 bits per heavy atom. The van der Waals surface area contributed by atoms with Crippen LogP contribution in [0.4, 0.5) is 0 Å². The molecule has 108 valence electrons. The molecule has 1 aliphatic rings. The van der Waals surface area contributed by atoms with E-state index in [0.29, 0.717) is 6.54 Å². The summed E-state index contributed by atoms with van der Waals surface area (Å²) in [6, 6.07) is 0.00217. The average molecular weight is 277 g/mol. The number of nitrogens with zero attached hydrogens (tertiary/aromatic N) is 1. The lowest BCUT2D eigenvalue weighted by atomic mass is 9.96. The number of hydrogen-bond donors (Lipinski definition) is 2. The van der Waals surface area contributed by atoms with Crippen molar-refractivity contribution in [1.82, 2.24) is 9.03 Å². The van der Waals surface area contributed by atoms with E-state index in [1.807, 2.05) is 6.92 Å². The third kappa shape index (κ3) is 4.50. The molecule has 1 fully saturated rings. The lowest BCUT2D eigenvalue weighted by molar-refractivity contribution is 0.281. The maximum Gasteiger partial charge on any atom is 0.279 e. The van der Waals surface area contributed by atoms with Crippen LogP contribution >= 0.6 is 0 Å². The van der Waals surface area contributed by atoms with E-state index < -0.39 is 10.2 Å². The molecule has 0 aromatic carbocycles. The van der Waals surface area contributed by atoms with Gasteiger partial charge in [0.05, 0.1) is 0 Å². The van der Waals surface area contributed by atoms with Crippen LogP contribution in [0.25, 0.3) is 0 Å². The normalized spacial score (nSPS) is 20.2. The van der Waals surface area contributed by atoms with E-state index in [9.17, 15) is 8.42 Å². The third-order valence-corrected chi connectivity index (χ3v) is 5.39. The van der Waals surface area contributed by atoms with Gasteiger partial charge in [-0.3, -0.25) is 0 Å². The molecule has 0 radical (unpaired) electrons. The predicted molar refractivity (Wildman–Crippen MR) is 74.4 cm³/mol. The molecule has 1 saturated carbocycles. The van der Waals surface area contributed by atoms with E-state index >= 15 is 0 Å². The van der Waals surface area contributed by atoms with Gasteiger partial charge in [0.15, 0.2) is 0 Å². The van der Waals surface area contributed by atoms with Gasteiger partial charge in [-0.2, -0.15) is 17.4 Å². The minimum atomic E-state index is -3.39. The van der Waals surface area contributed by atoms with Crippen molar-refractivity contribution in [2.75, 3.05) is 13.6 Å². The van der Waals surface area contributed by atoms with E-state index in [1.54, 1.807) is 7.05 Å². The third-order valence-electron chi connectivity index (χ3n) is 3.71. The molecule has 0 bridgehead atoms. The molecule has 0 spiro atoms. The van der Waals surface area contributed by atoms with Gasteiger partial charge in [0, 0.05) is 25.7 Å². The molecule has 1 rings (SSSR count). The number of nitrogens with one attached hydrogen (secondary N) is 1. The Balaban J connectivity index is 2.60. The quantitative estimate of drug-likeness (QED) is 0.734. The zero-order valence-corrected chi connectivity index (χ0v) is 12.4. The Kier molecular flexibility index (Phi) is 6.55. The Morgan fingerprint density at radius 1 is 1.33 bits per heavy atom. The summed E-state index contributed by atoms with van der Waals surface area (Å²) in [5, 5.41) is 0. The Bertz CT molecular complexity index is 326. The SMILES string of the molecule is CCCC(CN)NS(=O)(=O)N(C)C1CCCCC1. The predicted octanol–water partition coefficient (Wildman–Crippen LogP) is 1.21. The van der Waals surface area contributed by atoms with E-state index in [2.05, 4.69) is 4.72 Å². The molecule has 1 unspecified atom stereocenters. The van der Waals surface area contributed by atoms with Crippen molar-refractivity contribution < 1.29 is 8.42 Å². The summed E-state index contributed by atoms with van der Waals surface area (Å²) in [5.41, 5.74) is 5.60. The molecule has 0 amide bonds. The molecule has 0 heterocycles. The maximum atomic E-state index is 12.2. The maximum absolute atomic E-state index is 12.2. The van der Waals surface area contributed by atoms with E-state index in [4.69, 9.17) is 5.73 Å². The van der Waals surface area contributed by atoms with Crippen LogP contribution in [0.2, 0.25) is 0 Å². The second kappa shape index (κ2) is 7.43. The van der Waals surface area contributed by atoms with Gasteiger partial charge in [0.1, 0.15) is 0 Å². The first-order valence-electron chi connectivity index (χ1n) is 6.96. The molecule has 0 saturated heterocycles. The van der Waals surface area contributed by atoms with Crippen LogP contribution in [0.3, 0.4) is 0 Å². The smallest absolute Gasteiger partial charge is 0.279 e. The van der Waals surface area contributed by atoms with Crippen LogP contribution in [0.5, 0.6) is 0 Å². The van der Waals surface area contributed by atoms with Gasteiger partial charge in [0.2, 0.25) is 0 Å². The van der Waals surface area contributed by atoms with Crippen LogP contribution in [0, 0.1) is 0 Å². The molecule has 0 aliphatic heterocycles. The zero-order chi connectivity index (χ0) is 13.6. The summed E-state index contributed by atoms with van der Waals surface area (Å²) in [7, 11) is -1.71. The Hall–Kier alpha value is -0.170. The minimum Gasteiger partial charge on any atom is -0.329 e. The molecule has 1 aliphatic carbocycles. The highest BCUT2D eigenvalue weighted by Crippen LogP contribution is 2.23. The highest BCUT2D eigenvalue weighted by Gasteiger charge is 2.28. The van der Waals surface area contributed by atoms with E-state index in [-0.39, 0.29) is 12.1 Å². The standard InChI is InChI=1S/C12H27N3O2S/c1-3-7-11(10-13)14-18(16,17)15(2)12-8-5-4-6-9-12/h11-12,14H,3-10,13H2,1-2H3. The largest absolute Gasteiger partial charge is 0.329 e. The fourth-order valence-electron chi connectivity index (χ4n) is 2.51. The van der Waals surface area contributed by atoms with Gasteiger partial charge >= 0.3 is 0 Å². The lowest BCUT2D eigenvalue weighted by Crippen LogP contribution is -2.50. The summed E-state index contributed by atoms with van der Waals surface area (Å²) in [5.74, 6) is 0. The van der Waals surface area contributed by atoms with Crippen molar-refractivity contribution in [1.29, 1.82) is 0 Å². The molecule has 6 heteroatoms. The van der Waals surface area contributed by atoms with Gasteiger partial charge in [0.25, 0.3) is 10.2 Å². The first kappa shape index (κ1) is 15.9. The molecule has 3 N–H and O–H groups in total.